The molecular formula is C46H56HfSi-2. The van der Waals surface area contributed by atoms with Crippen molar-refractivity contribution < 1.29 is 25.8 Å². The molecule has 2 atom stereocenters. The van der Waals surface area contributed by atoms with Gasteiger partial charge in [-0.1, -0.05) is 139 Å². The van der Waals surface area contributed by atoms with Gasteiger partial charge in [0, 0.05) is 35.4 Å². The first-order chi connectivity index (χ1) is 22.9. The zero-order valence-electron chi connectivity index (χ0n) is 30.8. The molecule has 0 saturated carbocycles. The van der Waals surface area contributed by atoms with E-state index in [1.807, 2.05) is 0 Å². The summed E-state index contributed by atoms with van der Waals surface area (Å²) < 4.78 is 0. The summed E-state index contributed by atoms with van der Waals surface area (Å²) >= 11 is 0. The maximum atomic E-state index is 2.39. The van der Waals surface area contributed by atoms with Crippen LogP contribution in [-0.4, -0.2) is 9.52 Å². The third-order valence-electron chi connectivity index (χ3n) is 9.49. The first-order valence-corrected chi connectivity index (χ1v) is 20.0. The molecule has 6 aromatic carbocycles. The third kappa shape index (κ3) is 9.66. The zero-order chi connectivity index (χ0) is 33.8. The van der Waals surface area contributed by atoms with Crippen molar-refractivity contribution in [2.75, 3.05) is 0 Å². The molecule has 0 aromatic heterocycles. The molecule has 0 nitrogen and oxygen atoms in total. The third-order valence-corrected chi connectivity index (χ3v) is 9.49. The molecule has 6 rings (SSSR count). The minimum Gasteiger partial charge on any atom is -0.164 e. The van der Waals surface area contributed by atoms with Gasteiger partial charge in [0.05, 0.1) is 0 Å². The molecule has 0 aliphatic heterocycles. The molecule has 2 unspecified atom stereocenters. The average molecular weight is 816 g/mol. The number of rotatable bonds is 10. The van der Waals surface area contributed by atoms with Gasteiger partial charge in [-0.3, -0.25) is 0 Å². The number of hydrogen-bond donors (Lipinski definition) is 0. The molecule has 0 N–H and O–H groups in total. The van der Waals surface area contributed by atoms with E-state index in [0.29, 0.717) is 11.8 Å². The van der Waals surface area contributed by atoms with Crippen molar-refractivity contribution in [3.63, 3.8) is 0 Å². The van der Waals surface area contributed by atoms with Crippen molar-refractivity contribution >= 4 is 31.1 Å². The SMILES string of the molecule is CCCc1cc2c(-c3ccccc3C(C)CC)cccc2[cH-]1.CCCc1cc2c(-c3ccccc3C(C)CC)cccc2[cH-]1.C[Si]C.[Hf]. The molecule has 0 amide bonds. The Hall–Kier alpha value is -2.81. The van der Waals surface area contributed by atoms with Crippen LogP contribution in [0, 0.1) is 0 Å². The number of hydrogen-bond acceptors (Lipinski definition) is 0. The Labute approximate surface area is 313 Å². The fourth-order valence-corrected chi connectivity index (χ4v) is 6.71. The van der Waals surface area contributed by atoms with Crippen LogP contribution >= 0.6 is 0 Å². The van der Waals surface area contributed by atoms with Gasteiger partial charge in [0.25, 0.3) is 0 Å². The van der Waals surface area contributed by atoms with Gasteiger partial charge >= 0.3 is 0 Å². The van der Waals surface area contributed by atoms with Crippen molar-refractivity contribution in [2.45, 2.75) is 105 Å². The van der Waals surface area contributed by atoms with Gasteiger partial charge in [0.2, 0.25) is 0 Å². The Kier molecular flexibility index (Phi) is 16.5. The van der Waals surface area contributed by atoms with Crippen LogP contribution in [0.3, 0.4) is 0 Å². The van der Waals surface area contributed by atoms with Crippen molar-refractivity contribution in [1.29, 1.82) is 0 Å². The van der Waals surface area contributed by atoms with Crippen LogP contribution in [0.4, 0.5) is 0 Å². The first-order valence-electron chi connectivity index (χ1n) is 18.0. The molecule has 0 heterocycles. The van der Waals surface area contributed by atoms with Crippen molar-refractivity contribution in [1.82, 2.24) is 0 Å². The van der Waals surface area contributed by atoms with E-state index in [0.717, 1.165) is 9.52 Å². The van der Waals surface area contributed by atoms with Crippen LogP contribution in [0.2, 0.25) is 13.1 Å². The van der Waals surface area contributed by atoms with E-state index >= 15 is 0 Å². The molecule has 48 heavy (non-hydrogen) atoms. The van der Waals surface area contributed by atoms with E-state index in [2.05, 4.69) is 164 Å². The standard InChI is InChI=1S/2C22H25.C2H6Si.Hf/c2*1-4-9-17-14-18-10-8-13-21(22(18)15-17)20-12-7-6-11-19(20)16(3)5-2;1-3-2;/h2*6-8,10-16H,4-5,9H2,1-3H3;1-2H3;/q2*-1;;. The molecule has 0 aliphatic rings. The van der Waals surface area contributed by atoms with Gasteiger partial charge < -0.3 is 0 Å². The van der Waals surface area contributed by atoms with Gasteiger partial charge in [-0.05, 0) is 59.8 Å². The van der Waals surface area contributed by atoms with E-state index in [1.54, 1.807) is 0 Å². The monoisotopic (exact) mass is 816 g/mol. The number of aryl methyl sites for hydroxylation is 2. The summed E-state index contributed by atoms with van der Waals surface area (Å²) in [5.41, 5.74) is 11.4. The Balaban J connectivity index is 0.000000236. The quantitative estimate of drug-likeness (QED) is 0.0954. The summed E-state index contributed by atoms with van der Waals surface area (Å²) in [5, 5.41) is 5.56. The van der Waals surface area contributed by atoms with Gasteiger partial charge in [-0.25, -0.2) is 0 Å². The van der Waals surface area contributed by atoms with Crippen LogP contribution in [-0.2, 0) is 38.7 Å². The molecule has 0 saturated heterocycles. The van der Waals surface area contributed by atoms with Crippen LogP contribution in [0.5, 0.6) is 0 Å². The van der Waals surface area contributed by atoms with Crippen LogP contribution in [0.15, 0.2) is 109 Å². The second-order valence-electron chi connectivity index (χ2n) is 13.1. The van der Waals surface area contributed by atoms with Crippen molar-refractivity contribution in [3.8, 4) is 22.3 Å². The van der Waals surface area contributed by atoms with Crippen molar-refractivity contribution in [3.05, 3.63) is 131 Å². The Morgan fingerprint density at radius 3 is 1.23 bits per heavy atom. The zero-order valence-corrected chi connectivity index (χ0v) is 35.4. The van der Waals surface area contributed by atoms with Crippen molar-refractivity contribution in [2.24, 2.45) is 0 Å². The van der Waals surface area contributed by atoms with Crippen LogP contribution in [0.25, 0.3) is 43.8 Å². The van der Waals surface area contributed by atoms with Crippen LogP contribution < -0.4 is 0 Å². The molecule has 0 fully saturated rings. The van der Waals surface area contributed by atoms with E-state index in [1.165, 1.54) is 105 Å². The molecule has 6 aromatic rings. The Morgan fingerprint density at radius 1 is 0.521 bits per heavy atom. The molecule has 250 valence electrons. The van der Waals surface area contributed by atoms with Gasteiger partial charge in [-0.2, -0.15) is 12.1 Å². The summed E-state index contributed by atoms with van der Waals surface area (Å²) in [6.45, 7) is 18.0. The summed E-state index contributed by atoms with van der Waals surface area (Å²) in [7, 11) is 1.08. The number of fused-ring (bicyclic) bond motifs is 2. The fraction of sp³-hybridized carbons (Fsp3) is 0.348. The summed E-state index contributed by atoms with van der Waals surface area (Å²) in [6.07, 6.45) is 7.09. The van der Waals surface area contributed by atoms with Gasteiger partial charge in [0.15, 0.2) is 0 Å². The molecule has 2 radical (unpaired) electrons. The molecule has 2 heteroatoms. The predicted octanol–water partition coefficient (Wildman–Crippen LogP) is 14.2. The number of benzene rings is 4. The molecule has 0 spiro atoms. The van der Waals surface area contributed by atoms with Crippen LogP contribution in [0.1, 0.15) is 101 Å². The summed E-state index contributed by atoms with van der Waals surface area (Å²) in [5.74, 6) is 1.19. The average Bonchev–Trinajstić information content (AvgIpc) is 3.72. The fourth-order valence-electron chi connectivity index (χ4n) is 6.71. The normalized spacial score (nSPS) is 12.0. The second-order valence-corrected chi connectivity index (χ2v) is 14.1. The maximum absolute atomic E-state index is 2.39. The molecule has 0 bridgehead atoms. The minimum atomic E-state index is 0. The van der Waals surface area contributed by atoms with E-state index in [9.17, 15) is 0 Å². The van der Waals surface area contributed by atoms with Gasteiger partial charge in [0.1, 0.15) is 0 Å². The maximum Gasteiger partial charge on any atom is 0.0307 e. The minimum absolute atomic E-state index is 0. The smallest absolute Gasteiger partial charge is 0.0307 e. The topological polar surface area (TPSA) is 0 Å². The van der Waals surface area contributed by atoms with E-state index < -0.39 is 0 Å². The molecular weight excluding hydrogens is 759 g/mol. The summed E-state index contributed by atoms with van der Waals surface area (Å²) in [4.78, 5) is 0. The largest absolute Gasteiger partial charge is 0.164 e. The Bertz CT molecular complexity index is 1690. The summed E-state index contributed by atoms with van der Waals surface area (Å²) in [6, 6.07) is 40.7. The van der Waals surface area contributed by atoms with E-state index in [-0.39, 0.29) is 25.8 Å². The predicted molar refractivity (Wildman–Crippen MR) is 213 cm³/mol. The van der Waals surface area contributed by atoms with E-state index in [4.69, 9.17) is 0 Å². The van der Waals surface area contributed by atoms with Gasteiger partial charge in [-0.15, -0.1) is 69.1 Å². The molecule has 0 aliphatic carbocycles. The first kappa shape index (κ1) is 39.6. The Morgan fingerprint density at radius 2 is 0.875 bits per heavy atom. The second kappa shape index (κ2) is 20.0.